The van der Waals surface area contributed by atoms with Gasteiger partial charge in [0.05, 0.1) is 0 Å². The van der Waals surface area contributed by atoms with E-state index in [0.29, 0.717) is 11.7 Å². The minimum absolute atomic E-state index is 0.169. The van der Waals surface area contributed by atoms with Crippen LogP contribution in [-0.4, -0.2) is 29.7 Å². The first-order chi connectivity index (χ1) is 11.7. The Balaban J connectivity index is 1.77. The third kappa shape index (κ3) is 6.35. The molecule has 1 aromatic rings. The molecule has 1 aliphatic rings. The van der Waals surface area contributed by atoms with Crippen LogP contribution in [0.3, 0.4) is 0 Å². The molecule has 2 N–H and O–H groups in total. The number of carbonyl (C=O) groups is 2. The monoisotopic (exact) mass is 371 g/mol. The largest absolute Gasteiger partial charge is 0.433 e. The number of carbonyl (C=O) groups excluding carboxylic acids is 2. The summed E-state index contributed by atoms with van der Waals surface area (Å²) < 4.78 is 10.1. The van der Waals surface area contributed by atoms with Crippen LogP contribution in [0.2, 0.25) is 0 Å². The van der Waals surface area contributed by atoms with Crippen molar-refractivity contribution in [3.8, 4) is 5.75 Å². The maximum absolute atomic E-state index is 12.0. The lowest BCUT2D eigenvalue weighted by Crippen LogP contribution is -2.15. The van der Waals surface area contributed by atoms with Crippen LogP contribution >= 0.6 is 21.6 Å². The van der Waals surface area contributed by atoms with Gasteiger partial charge in [0.25, 0.3) is 0 Å². The van der Waals surface area contributed by atoms with Gasteiger partial charge in [0.1, 0.15) is 11.3 Å². The van der Waals surface area contributed by atoms with Crippen molar-refractivity contribution >= 4 is 33.5 Å². The zero-order chi connectivity index (χ0) is 17.2. The van der Waals surface area contributed by atoms with Gasteiger partial charge < -0.3 is 9.47 Å². The van der Waals surface area contributed by atoms with Crippen LogP contribution in [0.4, 0.5) is 0 Å². The average Bonchev–Trinajstić information content (AvgIpc) is 3.10. The minimum atomic E-state index is -0.653. The Hall–Kier alpha value is -1.22. The summed E-state index contributed by atoms with van der Waals surface area (Å²) in [5, 5.41) is 0.714. The van der Waals surface area contributed by atoms with Crippen molar-refractivity contribution in [3.63, 3.8) is 0 Å². The van der Waals surface area contributed by atoms with Crippen molar-refractivity contribution < 1.29 is 23.9 Å². The van der Waals surface area contributed by atoms with E-state index in [4.69, 9.17) is 15.4 Å². The molecule has 6 nitrogen and oxygen atoms in total. The Morgan fingerprint density at radius 3 is 2.83 bits per heavy atom. The molecule has 1 aliphatic heterocycles. The van der Waals surface area contributed by atoms with Crippen molar-refractivity contribution in [3.05, 3.63) is 29.8 Å². The highest BCUT2D eigenvalue weighted by molar-refractivity contribution is 8.77. The molecular formula is C16H21NO5S2. The van der Waals surface area contributed by atoms with Crippen LogP contribution in [0.15, 0.2) is 24.3 Å². The van der Waals surface area contributed by atoms with Gasteiger partial charge in [-0.3, -0.25) is 9.63 Å². The quantitative estimate of drug-likeness (QED) is 0.177. The number of hydrogen-bond donors (Lipinski definition) is 1. The number of esters is 2. The van der Waals surface area contributed by atoms with E-state index in [1.807, 2.05) is 21.6 Å². The fraction of sp³-hybridized carbons (Fsp3) is 0.500. The molecule has 132 valence electrons. The standard InChI is InChI=1S/C16H21NO5S2/c17-21-11-20-16(19)13-6-2-3-7-14(13)22-15(18)8-4-1-5-12-9-10-23-24-12/h2-3,6-7,12H,1,4-5,8-11,17H2. The molecule has 1 unspecified atom stereocenters. The smallest absolute Gasteiger partial charge is 0.344 e. The van der Waals surface area contributed by atoms with Crippen molar-refractivity contribution in [2.75, 3.05) is 12.5 Å². The summed E-state index contributed by atoms with van der Waals surface area (Å²) in [4.78, 5) is 28.0. The van der Waals surface area contributed by atoms with E-state index in [1.54, 1.807) is 18.2 Å². The molecule has 2 rings (SSSR count). The van der Waals surface area contributed by atoms with Crippen molar-refractivity contribution in [2.24, 2.45) is 5.90 Å². The Morgan fingerprint density at radius 1 is 1.25 bits per heavy atom. The first-order valence-corrected chi connectivity index (χ1v) is 10.2. The fourth-order valence-electron chi connectivity index (χ4n) is 2.27. The Morgan fingerprint density at radius 2 is 2.08 bits per heavy atom. The number of benzene rings is 1. The zero-order valence-corrected chi connectivity index (χ0v) is 14.9. The second kappa shape index (κ2) is 10.6. The summed E-state index contributed by atoms with van der Waals surface area (Å²) in [6, 6.07) is 6.43. The predicted molar refractivity (Wildman–Crippen MR) is 94.6 cm³/mol. The highest BCUT2D eigenvalue weighted by Gasteiger charge is 2.18. The van der Waals surface area contributed by atoms with Gasteiger partial charge >= 0.3 is 11.9 Å². The van der Waals surface area contributed by atoms with Gasteiger partial charge in [0.2, 0.25) is 6.79 Å². The normalized spacial score (nSPS) is 16.8. The van der Waals surface area contributed by atoms with E-state index in [0.717, 1.165) is 19.3 Å². The Kier molecular flexibility index (Phi) is 8.44. The first-order valence-electron chi connectivity index (χ1n) is 7.77. The average molecular weight is 371 g/mol. The van der Waals surface area contributed by atoms with Gasteiger partial charge in [-0.05, 0) is 31.4 Å². The lowest BCUT2D eigenvalue weighted by molar-refractivity contribution is -0.134. The van der Waals surface area contributed by atoms with Crippen molar-refractivity contribution in [1.82, 2.24) is 0 Å². The molecule has 0 amide bonds. The number of nitrogens with two attached hydrogens (primary N) is 1. The SMILES string of the molecule is NOCOC(=O)c1ccccc1OC(=O)CCCCC1CCSS1. The lowest BCUT2D eigenvalue weighted by Gasteiger charge is -2.10. The molecule has 0 bridgehead atoms. The summed E-state index contributed by atoms with van der Waals surface area (Å²) in [6.07, 6.45) is 4.51. The van der Waals surface area contributed by atoms with E-state index in [-0.39, 0.29) is 24.1 Å². The van der Waals surface area contributed by atoms with Gasteiger partial charge in [-0.1, -0.05) is 40.1 Å². The molecule has 0 radical (unpaired) electrons. The summed E-state index contributed by atoms with van der Waals surface area (Å²) in [7, 11) is 3.87. The molecule has 8 heteroatoms. The highest BCUT2D eigenvalue weighted by Crippen LogP contribution is 2.39. The molecule has 0 aliphatic carbocycles. The van der Waals surface area contributed by atoms with Crippen LogP contribution in [-0.2, 0) is 14.4 Å². The topological polar surface area (TPSA) is 87.8 Å². The maximum atomic E-state index is 12.0. The van der Waals surface area contributed by atoms with Gasteiger partial charge in [-0.15, -0.1) is 0 Å². The zero-order valence-electron chi connectivity index (χ0n) is 13.3. The van der Waals surface area contributed by atoms with Crippen LogP contribution in [0.25, 0.3) is 0 Å². The molecule has 24 heavy (non-hydrogen) atoms. The Bertz CT molecular complexity index is 549. The van der Waals surface area contributed by atoms with Crippen molar-refractivity contribution in [1.29, 1.82) is 0 Å². The van der Waals surface area contributed by atoms with Gasteiger partial charge in [-0.2, -0.15) is 0 Å². The molecule has 1 aromatic carbocycles. The summed E-state index contributed by atoms with van der Waals surface area (Å²) >= 11 is 0. The summed E-state index contributed by atoms with van der Waals surface area (Å²) in [5.41, 5.74) is 0.169. The van der Waals surface area contributed by atoms with E-state index in [9.17, 15) is 9.59 Å². The van der Waals surface area contributed by atoms with E-state index >= 15 is 0 Å². The molecule has 0 saturated carbocycles. The van der Waals surface area contributed by atoms with Gasteiger partial charge in [-0.25, -0.2) is 10.7 Å². The number of ether oxygens (including phenoxy) is 2. The molecule has 1 atom stereocenters. The molecule has 1 saturated heterocycles. The summed E-state index contributed by atoms with van der Waals surface area (Å²) in [5.74, 6) is 5.23. The van der Waals surface area contributed by atoms with Crippen molar-refractivity contribution in [2.45, 2.75) is 37.4 Å². The molecule has 1 fully saturated rings. The number of unbranched alkanes of at least 4 members (excludes halogenated alkanes) is 1. The highest BCUT2D eigenvalue weighted by atomic mass is 33.1. The van der Waals surface area contributed by atoms with E-state index < -0.39 is 5.97 Å². The van der Waals surface area contributed by atoms with E-state index in [2.05, 4.69) is 4.84 Å². The van der Waals surface area contributed by atoms with Gasteiger partial charge in [0.15, 0.2) is 0 Å². The second-order valence-corrected chi connectivity index (χ2v) is 8.05. The van der Waals surface area contributed by atoms with E-state index in [1.165, 1.54) is 18.2 Å². The fourth-order valence-corrected chi connectivity index (χ4v) is 5.30. The number of para-hydroxylation sites is 1. The van der Waals surface area contributed by atoms with Gasteiger partial charge in [0, 0.05) is 17.4 Å². The number of hydrogen-bond acceptors (Lipinski definition) is 8. The molecule has 0 spiro atoms. The Labute approximate surface area is 149 Å². The van der Waals surface area contributed by atoms with Crippen LogP contribution in [0, 0.1) is 0 Å². The first kappa shape index (κ1) is 19.1. The summed E-state index contributed by atoms with van der Waals surface area (Å²) in [6.45, 7) is -0.363. The number of rotatable bonds is 9. The second-order valence-electron chi connectivity index (χ2n) is 5.26. The third-order valence-electron chi connectivity index (χ3n) is 3.47. The third-order valence-corrected chi connectivity index (χ3v) is 6.48. The lowest BCUT2D eigenvalue weighted by atomic mass is 10.1. The molecular weight excluding hydrogens is 350 g/mol. The maximum Gasteiger partial charge on any atom is 0.344 e. The van der Waals surface area contributed by atoms with Crippen LogP contribution in [0.1, 0.15) is 42.5 Å². The predicted octanol–water partition coefficient (Wildman–Crippen LogP) is 3.31. The molecule has 0 aromatic heterocycles. The van der Waals surface area contributed by atoms with Crippen LogP contribution < -0.4 is 10.6 Å². The van der Waals surface area contributed by atoms with Crippen LogP contribution in [0.5, 0.6) is 5.75 Å². The molecule has 1 heterocycles. The minimum Gasteiger partial charge on any atom is -0.433 e.